The van der Waals surface area contributed by atoms with Crippen LogP contribution in [0, 0.1) is 0 Å². The zero-order valence-corrected chi connectivity index (χ0v) is 13.4. The third-order valence-corrected chi connectivity index (χ3v) is 4.24. The molecule has 2 aromatic rings. The first-order chi connectivity index (χ1) is 10.5. The molecular weight excluding hydrogens is 306 g/mol. The summed E-state index contributed by atoms with van der Waals surface area (Å²) in [6.07, 6.45) is 0.727. The number of carboxylic acids is 1. The van der Waals surface area contributed by atoms with Crippen LogP contribution < -0.4 is 10.1 Å². The normalized spacial score (nSPS) is 10.5. The largest absolute Gasteiger partial charge is 0.481 e. The molecule has 2 N–H and O–H groups in total. The molecule has 118 valence electrons. The molecule has 0 saturated heterocycles. The Morgan fingerprint density at radius 1 is 1.41 bits per heavy atom. The van der Waals surface area contributed by atoms with E-state index in [4.69, 9.17) is 9.84 Å². The predicted octanol–water partition coefficient (Wildman–Crippen LogP) is 1.68. The number of carboxylic acid groups (broad SMARTS) is 1. The lowest BCUT2D eigenvalue weighted by atomic mass is 10.2. The molecule has 7 nitrogen and oxygen atoms in total. The summed E-state index contributed by atoms with van der Waals surface area (Å²) in [6.45, 7) is 2.25. The van der Waals surface area contributed by atoms with Crippen molar-refractivity contribution in [1.29, 1.82) is 0 Å². The highest BCUT2D eigenvalue weighted by Gasteiger charge is 2.18. The summed E-state index contributed by atoms with van der Waals surface area (Å²) in [7, 11) is 3.34. The molecule has 8 heteroatoms. The Hall–Kier alpha value is -2.35. The first kappa shape index (κ1) is 16.0. The summed E-state index contributed by atoms with van der Waals surface area (Å²) in [6, 6.07) is 2.93. The number of ether oxygens (including phenoxy) is 1. The quantitative estimate of drug-likeness (QED) is 0.843. The van der Waals surface area contributed by atoms with Crippen LogP contribution >= 0.6 is 11.3 Å². The van der Waals surface area contributed by atoms with Crippen molar-refractivity contribution in [2.24, 2.45) is 7.05 Å². The molecule has 0 fully saturated rings. The van der Waals surface area contributed by atoms with Crippen LogP contribution in [0.25, 0.3) is 0 Å². The number of carbonyl (C=O) groups excluding carboxylic acids is 1. The Balaban J connectivity index is 2.12. The van der Waals surface area contributed by atoms with Crippen molar-refractivity contribution in [3.8, 4) is 5.88 Å². The third kappa shape index (κ3) is 3.11. The molecule has 2 aromatic heterocycles. The number of carbonyl (C=O) groups is 2. The minimum atomic E-state index is -1.04. The van der Waals surface area contributed by atoms with Gasteiger partial charge in [-0.25, -0.2) is 9.48 Å². The van der Waals surface area contributed by atoms with Crippen molar-refractivity contribution in [2.45, 2.75) is 19.9 Å². The highest BCUT2D eigenvalue weighted by Crippen LogP contribution is 2.22. The van der Waals surface area contributed by atoms with Crippen LogP contribution in [0.4, 0.5) is 0 Å². The van der Waals surface area contributed by atoms with Gasteiger partial charge < -0.3 is 15.2 Å². The number of amides is 1. The second-order valence-electron chi connectivity index (χ2n) is 4.56. The van der Waals surface area contributed by atoms with Gasteiger partial charge in [0.15, 0.2) is 0 Å². The molecule has 2 rings (SSSR count). The van der Waals surface area contributed by atoms with E-state index in [0.717, 1.165) is 29.0 Å². The molecule has 0 bridgehead atoms. The van der Waals surface area contributed by atoms with Crippen LogP contribution in [-0.2, 0) is 20.0 Å². The molecule has 2 heterocycles. The second-order valence-corrected chi connectivity index (χ2v) is 5.65. The summed E-state index contributed by atoms with van der Waals surface area (Å²) >= 11 is 0.946. The molecule has 1 amide bonds. The molecule has 22 heavy (non-hydrogen) atoms. The fraction of sp³-hybridized carbons (Fsp3) is 0.357. The highest BCUT2D eigenvalue weighted by molar-refractivity contribution is 7.15. The number of thiophene rings is 1. The van der Waals surface area contributed by atoms with Gasteiger partial charge in [0.25, 0.3) is 5.91 Å². The van der Waals surface area contributed by atoms with Crippen molar-refractivity contribution in [2.75, 3.05) is 7.11 Å². The van der Waals surface area contributed by atoms with E-state index in [1.807, 2.05) is 6.92 Å². The third-order valence-electron chi connectivity index (χ3n) is 3.17. The number of nitrogens with one attached hydrogen (secondary N) is 1. The average molecular weight is 323 g/mol. The molecule has 0 aliphatic carbocycles. The lowest BCUT2D eigenvalue weighted by molar-refractivity contribution is 0.0702. The summed E-state index contributed by atoms with van der Waals surface area (Å²) < 4.78 is 6.94. The molecule has 0 aliphatic rings. The maximum absolute atomic E-state index is 12.1. The number of rotatable bonds is 6. The van der Waals surface area contributed by atoms with Gasteiger partial charge in [0.2, 0.25) is 5.88 Å². The Morgan fingerprint density at radius 3 is 2.64 bits per heavy atom. The number of aromatic carboxylic acids is 1. The zero-order valence-electron chi connectivity index (χ0n) is 12.5. The van der Waals surface area contributed by atoms with Crippen LogP contribution in [-0.4, -0.2) is 33.9 Å². The summed E-state index contributed by atoms with van der Waals surface area (Å²) in [5.41, 5.74) is 1.69. The lowest BCUT2D eigenvalue weighted by Gasteiger charge is -2.06. The number of nitrogens with zero attached hydrogens (tertiary/aromatic N) is 2. The van der Waals surface area contributed by atoms with Crippen LogP contribution in [0.2, 0.25) is 0 Å². The minimum absolute atomic E-state index is 0.137. The SMILES string of the molecule is CCc1nn(C)c(OC)c1CNC(=O)c1ccc(C(=O)O)s1. The summed E-state index contributed by atoms with van der Waals surface area (Å²) in [5, 5.41) is 16.0. The molecule has 0 atom stereocenters. The van der Waals surface area contributed by atoms with Crippen LogP contribution in [0.3, 0.4) is 0 Å². The molecule has 0 unspecified atom stereocenters. The summed E-state index contributed by atoms with van der Waals surface area (Å²) in [4.78, 5) is 23.4. The first-order valence-corrected chi connectivity index (χ1v) is 7.49. The smallest absolute Gasteiger partial charge is 0.345 e. The van der Waals surface area contributed by atoms with E-state index >= 15 is 0 Å². The van der Waals surface area contributed by atoms with Gasteiger partial charge in [-0.15, -0.1) is 11.3 Å². The Kier molecular flexibility index (Phi) is 4.81. The fourth-order valence-electron chi connectivity index (χ4n) is 2.15. The van der Waals surface area contributed by atoms with Gasteiger partial charge in [0.1, 0.15) is 4.88 Å². The Morgan fingerprint density at radius 2 is 2.09 bits per heavy atom. The highest BCUT2D eigenvalue weighted by atomic mass is 32.1. The Labute approximate surface area is 131 Å². The molecule has 0 spiro atoms. The van der Waals surface area contributed by atoms with Gasteiger partial charge >= 0.3 is 5.97 Å². The van der Waals surface area contributed by atoms with Crippen LogP contribution in [0.1, 0.15) is 37.5 Å². The van der Waals surface area contributed by atoms with Gasteiger partial charge in [-0.05, 0) is 18.6 Å². The number of hydrogen-bond acceptors (Lipinski definition) is 5. The van der Waals surface area contributed by atoms with Crippen LogP contribution in [0.5, 0.6) is 5.88 Å². The van der Waals surface area contributed by atoms with E-state index in [9.17, 15) is 9.59 Å². The maximum atomic E-state index is 12.1. The zero-order chi connectivity index (χ0) is 16.3. The monoisotopic (exact) mass is 323 g/mol. The molecule has 0 aromatic carbocycles. The van der Waals surface area contributed by atoms with Crippen molar-refractivity contribution in [3.05, 3.63) is 33.1 Å². The van der Waals surface area contributed by atoms with Crippen LogP contribution in [0.15, 0.2) is 12.1 Å². The van der Waals surface area contributed by atoms with E-state index in [2.05, 4.69) is 10.4 Å². The Bertz CT molecular complexity index is 705. The summed E-state index contributed by atoms with van der Waals surface area (Å²) in [5.74, 6) is -0.744. The maximum Gasteiger partial charge on any atom is 0.345 e. The van der Waals surface area contributed by atoms with E-state index in [1.54, 1.807) is 18.8 Å². The van der Waals surface area contributed by atoms with Gasteiger partial charge in [0.05, 0.1) is 29.8 Å². The van der Waals surface area contributed by atoms with Gasteiger partial charge in [0, 0.05) is 7.05 Å². The van der Waals surface area contributed by atoms with Crippen molar-refractivity contribution >= 4 is 23.2 Å². The van der Waals surface area contributed by atoms with Gasteiger partial charge in [-0.3, -0.25) is 4.79 Å². The number of hydrogen-bond donors (Lipinski definition) is 2. The van der Waals surface area contributed by atoms with Gasteiger partial charge in [-0.1, -0.05) is 6.92 Å². The minimum Gasteiger partial charge on any atom is -0.481 e. The van der Waals surface area contributed by atoms with E-state index in [-0.39, 0.29) is 17.3 Å². The number of methoxy groups -OCH3 is 1. The van der Waals surface area contributed by atoms with E-state index in [0.29, 0.717) is 10.8 Å². The van der Waals surface area contributed by atoms with Crippen molar-refractivity contribution < 1.29 is 19.4 Å². The van der Waals surface area contributed by atoms with E-state index in [1.165, 1.54) is 12.1 Å². The van der Waals surface area contributed by atoms with Gasteiger partial charge in [-0.2, -0.15) is 5.10 Å². The first-order valence-electron chi connectivity index (χ1n) is 6.68. The molecular formula is C14H17N3O4S. The van der Waals surface area contributed by atoms with Crippen molar-refractivity contribution in [1.82, 2.24) is 15.1 Å². The average Bonchev–Trinajstić information content (AvgIpc) is 3.09. The number of aromatic nitrogens is 2. The molecule has 0 radical (unpaired) electrons. The number of aryl methyl sites for hydroxylation is 2. The fourth-order valence-corrected chi connectivity index (χ4v) is 2.91. The molecule has 0 aliphatic heterocycles. The van der Waals surface area contributed by atoms with E-state index < -0.39 is 5.97 Å². The lowest BCUT2D eigenvalue weighted by Crippen LogP contribution is -2.22. The standard InChI is InChI=1S/C14H17N3O4S/c1-4-9-8(13(21-3)17(2)16-9)7-15-12(18)10-5-6-11(22-10)14(19)20/h5-6H,4,7H2,1-3H3,(H,15,18)(H,19,20). The molecule has 0 saturated carbocycles. The predicted molar refractivity (Wildman–Crippen MR) is 81.6 cm³/mol. The topological polar surface area (TPSA) is 93.5 Å². The second kappa shape index (κ2) is 6.61. The van der Waals surface area contributed by atoms with Crippen molar-refractivity contribution in [3.63, 3.8) is 0 Å².